The molecule has 0 radical (unpaired) electrons. The SMILES string of the molecule is COC(=O)[C@@H]1C[C@@H](O)CN1Cc1csc(Cc2ccccc2)n1. The van der Waals surface area contributed by atoms with Gasteiger partial charge in [0.15, 0.2) is 0 Å². The molecular weight excluding hydrogens is 312 g/mol. The number of hydrogen-bond donors (Lipinski definition) is 1. The Morgan fingerprint density at radius 2 is 2.22 bits per heavy atom. The van der Waals surface area contributed by atoms with Crippen LogP contribution in [-0.4, -0.2) is 46.8 Å². The largest absolute Gasteiger partial charge is 0.468 e. The highest BCUT2D eigenvalue weighted by Crippen LogP contribution is 2.23. The normalized spacial score (nSPS) is 21.5. The number of aromatic nitrogens is 1. The lowest BCUT2D eigenvalue weighted by Crippen LogP contribution is -2.36. The zero-order valence-electron chi connectivity index (χ0n) is 13.0. The van der Waals surface area contributed by atoms with E-state index in [0.717, 1.165) is 17.1 Å². The fourth-order valence-corrected chi connectivity index (χ4v) is 3.74. The molecule has 1 fully saturated rings. The van der Waals surface area contributed by atoms with E-state index in [-0.39, 0.29) is 12.0 Å². The summed E-state index contributed by atoms with van der Waals surface area (Å²) in [6.45, 7) is 1.04. The number of β-amino-alcohol motifs (C(OH)–C–C–N with tert-alkyl or cyclic N) is 1. The predicted molar refractivity (Wildman–Crippen MR) is 88.2 cm³/mol. The zero-order valence-corrected chi connectivity index (χ0v) is 13.8. The molecule has 1 aromatic carbocycles. The van der Waals surface area contributed by atoms with Gasteiger partial charge in [0, 0.05) is 31.3 Å². The number of aliphatic hydroxyl groups is 1. The topological polar surface area (TPSA) is 62.7 Å². The highest BCUT2D eigenvalue weighted by molar-refractivity contribution is 7.09. The Kier molecular flexibility index (Phi) is 5.05. The van der Waals surface area contributed by atoms with Crippen molar-refractivity contribution in [3.05, 3.63) is 52.0 Å². The number of carbonyl (C=O) groups excluding carboxylic acids is 1. The number of benzene rings is 1. The van der Waals surface area contributed by atoms with Gasteiger partial charge in [0.25, 0.3) is 0 Å². The van der Waals surface area contributed by atoms with Crippen LogP contribution in [0.25, 0.3) is 0 Å². The van der Waals surface area contributed by atoms with Gasteiger partial charge in [-0.3, -0.25) is 9.69 Å². The van der Waals surface area contributed by atoms with Crippen LogP contribution in [0.15, 0.2) is 35.7 Å². The molecule has 2 heterocycles. The van der Waals surface area contributed by atoms with E-state index >= 15 is 0 Å². The van der Waals surface area contributed by atoms with Gasteiger partial charge in [-0.25, -0.2) is 4.98 Å². The average Bonchev–Trinajstić information content (AvgIpc) is 3.14. The van der Waals surface area contributed by atoms with Crippen LogP contribution in [0.5, 0.6) is 0 Å². The van der Waals surface area contributed by atoms with Crippen LogP contribution in [0.3, 0.4) is 0 Å². The van der Waals surface area contributed by atoms with E-state index in [1.807, 2.05) is 28.5 Å². The van der Waals surface area contributed by atoms with E-state index in [4.69, 9.17) is 4.74 Å². The fourth-order valence-electron chi connectivity index (χ4n) is 2.92. The third-order valence-electron chi connectivity index (χ3n) is 4.02. The molecule has 0 saturated carbocycles. The minimum absolute atomic E-state index is 0.290. The predicted octanol–water partition coefficient (Wildman–Crippen LogP) is 1.84. The van der Waals surface area contributed by atoms with Crippen molar-refractivity contribution in [3.8, 4) is 0 Å². The van der Waals surface area contributed by atoms with E-state index in [1.54, 1.807) is 11.3 Å². The summed E-state index contributed by atoms with van der Waals surface area (Å²) in [5, 5.41) is 12.9. The van der Waals surface area contributed by atoms with E-state index in [0.29, 0.717) is 19.5 Å². The van der Waals surface area contributed by atoms with Crippen molar-refractivity contribution in [2.75, 3.05) is 13.7 Å². The van der Waals surface area contributed by atoms with Crippen molar-refractivity contribution < 1.29 is 14.6 Å². The van der Waals surface area contributed by atoms with E-state index in [1.165, 1.54) is 12.7 Å². The summed E-state index contributed by atoms with van der Waals surface area (Å²) in [6.07, 6.45) is 0.754. The average molecular weight is 332 g/mol. The smallest absolute Gasteiger partial charge is 0.323 e. The maximum atomic E-state index is 11.8. The minimum Gasteiger partial charge on any atom is -0.468 e. The molecule has 0 unspecified atom stereocenters. The number of hydrogen-bond acceptors (Lipinski definition) is 6. The summed E-state index contributed by atoms with van der Waals surface area (Å²) in [5.74, 6) is -0.290. The molecule has 2 aromatic rings. The van der Waals surface area contributed by atoms with Gasteiger partial charge in [0.1, 0.15) is 6.04 Å². The standard InChI is InChI=1S/C17H20N2O3S/c1-22-17(21)15-8-14(20)10-19(15)9-13-11-23-16(18-13)7-12-5-3-2-4-6-12/h2-6,11,14-15,20H,7-10H2,1H3/t14-,15+/m1/s1. The van der Waals surface area contributed by atoms with Gasteiger partial charge in [-0.05, 0) is 5.56 Å². The number of ether oxygens (including phenoxy) is 1. The van der Waals surface area contributed by atoms with Crippen LogP contribution in [-0.2, 0) is 22.5 Å². The second-order valence-corrected chi connectivity index (χ2v) is 6.70. The Morgan fingerprint density at radius 3 is 2.96 bits per heavy atom. The Hall–Kier alpha value is -1.76. The first kappa shape index (κ1) is 16.1. The Labute approximate surface area is 139 Å². The lowest BCUT2D eigenvalue weighted by Gasteiger charge is -2.20. The molecule has 1 N–H and O–H groups in total. The van der Waals surface area contributed by atoms with Crippen molar-refractivity contribution in [1.29, 1.82) is 0 Å². The molecule has 1 aliphatic heterocycles. The molecule has 0 spiro atoms. The van der Waals surface area contributed by atoms with Gasteiger partial charge in [-0.2, -0.15) is 0 Å². The summed E-state index contributed by atoms with van der Waals surface area (Å²) in [4.78, 5) is 18.4. The molecule has 23 heavy (non-hydrogen) atoms. The van der Waals surface area contributed by atoms with Crippen LogP contribution in [0.4, 0.5) is 0 Å². The van der Waals surface area contributed by atoms with Gasteiger partial charge in [-0.1, -0.05) is 30.3 Å². The summed E-state index contributed by atoms with van der Waals surface area (Å²) in [6, 6.07) is 9.85. The fraction of sp³-hybridized carbons (Fsp3) is 0.412. The van der Waals surface area contributed by atoms with E-state index in [9.17, 15) is 9.90 Å². The number of aliphatic hydroxyl groups excluding tert-OH is 1. The highest BCUT2D eigenvalue weighted by Gasteiger charge is 2.36. The molecule has 0 amide bonds. The van der Waals surface area contributed by atoms with Crippen LogP contribution >= 0.6 is 11.3 Å². The quantitative estimate of drug-likeness (QED) is 0.847. The first-order valence-corrected chi connectivity index (χ1v) is 8.51. The van der Waals surface area contributed by atoms with Crippen molar-refractivity contribution in [2.24, 2.45) is 0 Å². The number of carbonyl (C=O) groups is 1. The molecule has 1 aromatic heterocycles. The summed E-state index contributed by atoms with van der Waals surface area (Å²) in [5.41, 5.74) is 2.17. The van der Waals surface area contributed by atoms with Gasteiger partial charge in [0.2, 0.25) is 0 Å². The molecule has 5 nitrogen and oxygen atoms in total. The van der Waals surface area contributed by atoms with Crippen LogP contribution in [0.1, 0.15) is 22.7 Å². The van der Waals surface area contributed by atoms with Crippen molar-refractivity contribution in [3.63, 3.8) is 0 Å². The highest BCUT2D eigenvalue weighted by atomic mass is 32.1. The van der Waals surface area contributed by atoms with Gasteiger partial charge in [-0.15, -0.1) is 11.3 Å². The molecule has 0 bridgehead atoms. The van der Waals surface area contributed by atoms with Gasteiger partial charge in [0.05, 0.1) is 23.9 Å². The van der Waals surface area contributed by atoms with Crippen molar-refractivity contribution >= 4 is 17.3 Å². The number of thiazole rings is 1. The number of rotatable bonds is 5. The number of methoxy groups -OCH3 is 1. The molecule has 6 heteroatoms. The molecule has 122 valence electrons. The molecule has 3 rings (SSSR count). The third kappa shape index (κ3) is 3.96. The third-order valence-corrected chi connectivity index (χ3v) is 4.91. The summed E-state index contributed by atoms with van der Waals surface area (Å²) >= 11 is 1.63. The second kappa shape index (κ2) is 7.21. The number of esters is 1. The Balaban J connectivity index is 1.65. The maximum absolute atomic E-state index is 11.8. The molecular formula is C17H20N2O3S. The number of nitrogens with zero attached hydrogens (tertiary/aromatic N) is 2. The van der Waals surface area contributed by atoms with E-state index in [2.05, 4.69) is 17.1 Å². The lowest BCUT2D eigenvalue weighted by molar-refractivity contribution is -0.146. The van der Waals surface area contributed by atoms with Crippen LogP contribution in [0.2, 0.25) is 0 Å². The summed E-state index contributed by atoms with van der Waals surface area (Å²) < 4.78 is 4.83. The first-order valence-electron chi connectivity index (χ1n) is 7.63. The molecule has 0 aliphatic carbocycles. The van der Waals surface area contributed by atoms with Crippen molar-refractivity contribution in [2.45, 2.75) is 31.5 Å². The molecule has 2 atom stereocenters. The second-order valence-electron chi connectivity index (χ2n) is 5.75. The lowest BCUT2D eigenvalue weighted by atomic mass is 10.2. The maximum Gasteiger partial charge on any atom is 0.323 e. The first-order chi connectivity index (χ1) is 11.2. The van der Waals surface area contributed by atoms with Crippen LogP contribution in [0, 0.1) is 0 Å². The van der Waals surface area contributed by atoms with E-state index < -0.39 is 6.10 Å². The molecule has 1 aliphatic rings. The van der Waals surface area contributed by atoms with Gasteiger partial charge < -0.3 is 9.84 Å². The Morgan fingerprint density at radius 1 is 1.43 bits per heavy atom. The summed E-state index contributed by atoms with van der Waals surface area (Å²) in [7, 11) is 1.38. The monoisotopic (exact) mass is 332 g/mol. The van der Waals surface area contributed by atoms with Crippen LogP contribution < -0.4 is 0 Å². The van der Waals surface area contributed by atoms with Crippen molar-refractivity contribution in [1.82, 2.24) is 9.88 Å². The minimum atomic E-state index is -0.485. The Bertz CT molecular complexity index is 659. The molecule has 1 saturated heterocycles. The van der Waals surface area contributed by atoms with Gasteiger partial charge >= 0.3 is 5.97 Å². The zero-order chi connectivity index (χ0) is 16.2. The number of likely N-dealkylation sites (tertiary alicyclic amines) is 1.